The highest BCUT2D eigenvalue weighted by molar-refractivity contribution is 5.50. The molecule has 3 heterocycles. The van der Waals surface area contributed by atoms with Crippen molar-refractivity contribution in [1.82, 2.24) is 14.7 Å². The molecule has 0 spiro atoms. The first-order valence-corrected chi connectivity index (χ1v) is 6.74. The van der Waals surface area contributed by atoms with Crippen molar-refractivity contribution in [2.24, 2.45) is 5.92 Å². The normalized spacial score (nSPS) is 21.9. The maximum absolute atomic E-state index is 4.31. The van der Waals surface area contributed by atoms with Crippen LogP contribution in [0.15, 0.2) is 30.6 Å². The first-order valence-electron chi connectivity index (χ1n) is 6.74. The number of pyridine rings is 1. The summed E-state index contributed by atoms with van der Waals surface area (Å²) < 4.78 is 2.10. The van der Waals surface area contributed by atoms with Gasteiger partial charge in [0.1, 0.15) is 11.5 Å². The molecular weight excluding hydrogens is 224 g/mol. The van der Waals surface area contributed by atoms with E-state index in [9.17, 15) is 0 Å². The molecule has 4 nitrogen and oxygen atoms in total. The van der Waals surface area contributed by atoms with Gasteiger partial charge in [0.05, 0.1) is 0 Å². The van der Waals surface area contributed by atoms with E-state index in [4.69, 9.17) is 0 Å². The minimum Gasteiger partial charge on any atom is -0.368 e. The zero-order valence-corrected chi connectivity index (χ0v) is 10.8. The second kappa shape index (κ2) is 4.98. The lowest BCUT2D eigenvalue weighted by Gasteiger charge is -2.29. The molecule has 0 saturated carbocycles. The number of hydrogen-bond donors (Lipinski definition) is 2. The van der Waals surface area contributed by atoms with Crippen LogP contribution < -0.4 is 10.6 Å². The van der Waals surface area contributed by atoms with Gasteiger partial charge in [-0.3, -0.25) is 4.40 Å². The zero-order chi connectivity index (χ0) is 12.4. The summed E-state index contributed by atoms with van der Waals surface area (Å²) in [7, 11) is 0. The standard InChI is InChI=1S/C14H20N4/c1-11(12-4-3-7-15-10-12)17-14-6-2-5-13-16-8-9-18(13)14/h2,5-6,8-9,11-12,15,17H,3-4,7,10H2,1H3. The quantitative estimate of drug-likeness (QED) is 0.869. The van der Waals surface area contributed by atoms with E-state index in [1.54, 1.807) is 0 Å². The van der Waals surface area contributed by atoms with Gasteiger partial charge in [0.2, 0.25) is 0 Å². The predicted molar refractivity (Wildman–Crippen MR) is 73.9 cm³/mol. The van der Waals surface area contributed by atoms with Gasteiger partial charge in [-0.05, 0) is 50.9 Å². The van der Waals surface area contributed by atoms with Crippen LogP contribution >= 0.6 is 0 Å². The molecule has 2 N–H and O–H groups in total. The van der Waals surface area contributed by atoms with E-state index in [-0.39, 0.29) is 0 Å². The van der Waals surface area contributed by atoms with Crippen LogP contribution in [0.25, 0.3) is 5.65 Å². The lowest BCUT2D eigenvalue weighted by molar-refractivity contribution is 0.346. The highest BCUT2D eigenvalue weighted by atomic mass is 15.1. The van der Waals surface area contributed by atoms with Crippen molar-refractivity contribution in [3.63, 3.8) is 0 Å². The third-order valence-corrected chi connectivity index (χ3v) is 3.85. The molecule has 4 heteroatoms. The van der Waals surface area contributed by atoms with Crippen LogP contribution in [0.5, 0.6) is 0 Å². The summed E-state index contributed by atoms with van der Waals surface area (Å²) in [6, 6.07) is 6.67. The lowest BCUT2D eigenvalue weighted by atomic mass is 9.93. The summed E-state index contributed by atoms with van der Waals surface area (Å²) in [4.78, 5) is 4.31. The first-order chi connectivity index (χ1) is 8.84. The third kappa shape index (κ3) is 2.20. The molecule has 18 heavy (non-hydrogen) atoms. The van der Waals surface area contributed by atoms with E-state index in [1.807, 2.05) is 18.5 Å². The van der Waals surface area contributed by atoms with E-state index < -0.39 is 0 Å². The van der Waals surface area contributed by atoms with Gasteiger partial charge in [0, 0.05) is 18.4 Å². The monoisotopic (exact) mass is 244 g/mol. The van der Waals surface area contributed by atoms with E-state index >= 15 is 0 Å². The Morgan fingerprint density at radius 1 is 1.50 bits per heavy atom. The summed E-state index contributed by atoms with van der Waals surface area (Å²) >= 11 is 0. The Kier molecular flexibility index (Phi) is 3.19. The van der Waals surface area contributed by atoms with Crippen molar-refractivity contribution in [2.45, 2.75) is 25.8 Å². The number of nitrogens with one attached hydrogen (secondary N) is 2. The molecule has 2 atom stereocenters. The topological polar surface area (TPSA) is 41.4 Å². The van der Waals surface area contributed by atoms with Crippen LogP contribution in [0.2, 0.25) is 0 Å². The van der Waals surface area contributed by atoms with Crippen LogP contribution in [0.4, 0.5) is 5.82 Å². The van der Waals surface area contributed by atoms with Gasteiger partial charge in [-0.25, -0.2) is 4.98 Å². The van der Waals surface area contributed by atoms with Crippen molar-refractivity contribution in [3.05, 3.63) is 30.6 Å². The molecule has 96 valence electrons. The van der Waals surface area contributed by atoms with Crippen LogP contribution in [-0.4, -0.2) is 28.5 Å². The number of hydrogen-bond acceptors (Lipinski definition) is 3. The predicted octanol–water partition coefficient (Wildman–Crippen LogP) is 2.13. The van der Waals surface area contributed by atoms with Crippen LogP contribution in [0.3, 0.4) is 0 Å². The molecule has 0 radical (unpaired) electrons. The van der Waals surface area contributed by atoms with Crippen molar-refractivity contribution in [3.8, 4) is 0 Å². The fourth-order valence-electron chi connectivity index (χ4n) is 2.72. The fraction of sp³-hybridized carbons (Fsp3) is 0.500. The van der Waals surface area contributed by atoms with Crippen LogP contribution in [0.1, 0.15) is 19.8 Å². The average Bonchev–Trinajstić information content (AvgIpc) is 2.89. The Hall–Kier alpha value is -1.55. The van der Waals surface area contributed by atoms with E-state index in [0.29, 0.717) is 12.0 Å². The Bertz CT molecular complexity index is 513. The smallest absolute Gasteiger partial charge is 0.138 e. The number of aromatic nitrogens is 2. The largest absolute Gasteiger partial charge is 0.368 e. The summed E-state index contributed by atoms with van der Waals surface area (Å²) in [5.74, 6) is 1.83. The number of fused-ring (bicyclic) bond motifs is 1. The molecule has 0 aromatic carbocycles. The second-order valence-corrected chi connectivity index (χ2v) is 5.11. The number of rotatable bonds is 3. The van der Waals surface area contributed by atoms with E-state index in [0.717, 1.165) is 18.0 Å². The molecule has 1 aliphatic rings. The maximum Gasteiger partial charge on any atom is 0.138 e. The summed E-state index contributed by atoms with van der Waals surface area (Å²) in [6.07, 6.45) is 6.43. The van der Waals surface area contributed by atoms with Crippen LogP contribution in [-0.2, 0) is 0 Å². The van der Waals surface area contributed by atoms with Gasteiger partial charge < -0.3 is 10.6 Å². The minimum atomic E-state index is 0.478. The lowest BCUT2D eigenvalue weighted by Crippen LogP contribution is -2.39. The Morgan fingerprint density at radius 3 is 3.28 bits per heavy atom. The molecule has 1 fully saturated rings. The van der Waals surface area contributed by atoms with Crippen molar-refractivity contribution < 1.29 is 0 Å². The second-order valence-electron chi connectivity index (χ2n) is 5.11. The Labute approximate surface area is 107 Å². The molecular formula is C14H20N4. The molecule has 2 unspecified atom stereocenters. The fourth-order valence-corrected chi connectivity index (χ4v) is 2.72. The number of anilines is 1. The summed E-state index contributed by atoms with van der Waals surface area (Å²) in [5, 5.41) is 7.10. The summed E-state index contributed by atoms with van der Waals surface area (Å²) in [5.41, 5.74) is 0.994. The Balaban J connectivity index is 1.77. The molecule has 1 saturated heterocycles. The average molecular weight is 244 g/mol. The van der Waals surface area contributed by atoms with Gasteiger partial charge in [0.15, 0.2) is 0 Å². The molecule has 0 bridgehead atoms. The minimum absolute atomic E-state index is 0.478. The van der Waals surface area contributed by atoms with Gasteiger partial charge in [-0.2, -0.15) is 0 Å². The first kappa shape index (κ1) is 11.5. The maximum atomic E-state index is 4.31. The summed E-state index contributed by atoms with van der Waals surface area (Å²) in [6.45, 7) is 4.56. The Morgan fingerprint density at radius 2 is 2.44 bits per heavy atom. The van der Waals surface area contributed by atoms with E-state index in [1.165, 1.54) is 19.4 Å². The molecule has 0 amide bonds. The molecule has 3 rings (SSSR count). The number of imidazole rings is 1. The van der Waals surface area contributed by atoms with Gasteiger partial charge in [-0.1, -0.05) is 6.07 Å². The molecule has 2 aromatic heterocycles. The van der Waals surface area contributed by atoms with Gasteiger partial charge in [0.25, 0.3) is 0 Å². The molecule has 0 aliphatic carbocycles. The van der Waals surface area contributed by atoms with Crippen molar-refractivity contribution in [2.75, 3.05) is 18.4 Å². The highest BCUT2D eigenvalue weighted by Crippen LogP contribution is 2.19. The SMILES string of the molecule is CC(Nc1cccc2nccn12)C1CCCNC1. The van der Waals surface area contributed by atoms with Crippen molar-refractivity contribution in [1.29, 1.82) is 0 Å². The van der Waals surface area contributed by atoms with Crippen molar-refractivity contribution >= 4 is 11.5 Å². The third-order valence-electron chi connectivity index (χ3n) is 3.85. The molecule has 1 aliphatic heterocycles. The molecule has 2 aromatic rings. The van der Waals surface area contributed by atoms with Crippen LogP contribution in [0, 0.1) is 5.92 Å². The number of nitrogens with zero attached hydrogens (tertiary/aromatic N) is 2. The van der Waals surface area contributed by atoms with Gasteiger partial charge in [-0.15, -0.1) is 0 Å². The zero-order valence-electron chi connectivity index (χ0n) is 10.8. The van der Waals surface area contributed by atoms with E-state index in [2.05, 4.69) is 39.1 Å². The van der Waals surface area contributed by atoms with Gasteiger partial charge >= 0.3 is 0 Å². The highest BCUT2D eigenvalue weighted by Gasteiger charge is 2.20. The number of piperidine rings is 1.